The van der Waals surface area contributed by atoms with Crippen LogP contribution in [0.4, 0.5) is 0 Å². The summed E-state index contributed by atoms with van der Waals surface area (Å²) in [5.74, 6) is -0.0817. The molecule has 0 atom stereocenters. The van der Waals surface area contributed by atoms with Gasteiger partial charge in [-0.3, -0.25) is 4.79 Å². The van der Waals surface area contributed by atoms with E-state index in [-0.39, 0.29) is 11.7 Å². The van der Waals surface area contributed by atoms with Gasteiger partial charge in [-0.05, 0) is 5.92 Å². The van der Waals surface area contributed by atoms with Crippen LogP contribution in [0.2, 0.25) is 0 Å². The Balaban J connectivity index is 2.25. The van der Waals surface area contributed by atoms with Crippen LogP contribution in [0.3, 0.4) is 0 Å². The van der Waals surface area contributed by atoms with Crippen molar-refractivity contribution in [3.8, 4) is 0 Å². The standard InChI is InChI=1S/C11H14N4O3S/c1-7(2)8-3-12-11(19-5-10(16)17)15(8)4-9-13-6-18-14-9/h3,6-7H,4-5H2,1-2H3,(H,16,17). The average Bonchev–Trinajstić information content (AvgIpc) is 2.96. The fourth-order valence-corrected chi connectivity index (χ4v) is 2.34. The van der Waals surface area contributed by atoms with E-state index in [0.29, 0.717) is 17.5 Å². The SMILES string of the molecule is CC(C)c1cnc(SCC(=O)O)n1Cc1ncon1. The molecular weight excluding hydrogens is 268 g/mol. The Kier molecular flexibility index (Phi) is 4.20. The smallest absolute Gasteiger partial charge is 0.313 e. The lowest BCUT2D eigenvalue weighted by molar-refractivity contribution is -0.133. The van der Waals surface area contributed by atoms with Crippen molar-refractivity contribution in [1.29, 1.82) is 0 Å². The van der Waals surface area contributed by atoms with E-state index >= 15 is 0 Å². The van der Waals surface area contributed by atoms with Crippen molar-refractivity contribution in [2.45, 2.75) is 31.5 Å². The van der Waals surface area contributed by atoms with E-state index in [2.05, 4.69) is 29.0 Å². The summed E-state index contributed by atoms with van der Waals surface area (Å²) in [4.78, 5) is 18.9. The third kappa shape index (κ3) is 3.34. The molecule has 102 valence electrons. The highest BCUT2D eigenvalue weighted by molar-refractivity contribution is 7.99. The van der Waals surface area contributed by atoms with Crippen molar-refractivity contribution in [2.75, 3.05) is 5.75 Å². The molecule has 0 saturated carbocycles. The lowest BCUT2D eigenvalue weighted by Crippen LogP contribution is -2.09. The summed E-state index contributed by atoms with van der Waals surface area (Å²) in [5, 5.41) is 13.2. The second-order valence-corrected chi connectivity index (χ2v) is 5.18. The molecule has 0 unspecified atom stereocenters. The molecule has 0 fully saturated rings. The molecule has 2 rings (SSSR count). The Morgan fingerprint density at radius 2 is 2.32 bits per heavy atom. The minimum atomic E-state index is -0.870. The zero-order chi connectivity index (χ0) is 13.8. The first-order valence-electron chi connectivity index (χ1n) is 5.73. The predicted molar refractivity (Wildman–Crippen MR) is 68.1 cm³/mol. The lowest BCUT2D eigenvalue weighted by atomic mass is 10.1. The van der Waals surface area contributed by atoms with Crippen LogP contribution in [-0.4, -0.2) is 36.5 Å². The molecule has 0 radical (unpaired) electrons. The van der Waals surface area contributed by atoms with E-state index in [1.165, 1.54) is 18.2 Å². The number of rotatable bonds is 6. The maximum atomic E-state index is 10.6. The quantitative estimate of drug-likeness (QED) is 0.804. The van der Waals surface area contributed by atoms with Crippen molar-refractivity contribution in [3.63, 3.8) is 0 Å². The molecule has 2 heterocycles. The zero-order valence-corrected chi connectivity index (χ0v) is 11.4. The minimum Gasteiger partial charge on any atom is -0.481 e. The molecule has 2 aromatic heterocycles. The molecule has 0 aromatic carbocycles. The summed E-state index contributed by atoms with van der Waals surface area (Å²) in [5.41, 5.74) is 1.01. The van der Waals surface area contributed by atoms with Crippen LogP contribution >= 0.6 is 11.8 Å². The topological polar surface area (TPSA) is 94.0 Å². The van der Waals surface area contributed by atoms with Crippen molar-refractivity contribution >= 4 is 17.7 Å². The number of carboxylic acid groups (broad SMARTS) is 1. The summed E-state index contributed by atoms with van der Waals surface area (Å²) in [6.07, 6.45) is 3.03. The van der Waals surface area contributed by atoms with Gasteiger partial charge in [-0.2, -0.15) is 4.98 Å². The monoisotopic (exact) mass is 282 g/mol. The highest BCUT2D eigenvalue weighted by Gasteiger charge is 2.16. The second kappa shape index (κ2) is 5.87. The molecule has 2 aromatic rings. The maximum Gasteiger partial charge on any atom is 0.313 e. The molecule has 1 N–H and O–H groups in total. The van der Waals surface area contributed by atoms with Gasteiger partial charge in [-0.15, -0.1) is 0 Å². The lowest BCUT2D eigenvalue weighted by Gasteiger charge is -2.11. The Labute approximate surface area is 114 Å². The van der Waals surface area contributed by atoms with Crippen molar-refractivity contribution in [1.82, 2.24) is 19.7 Å². The van der Waals surface area contributed by atoms with E-state index < -0.39 is 5.97 Å². The average molecular weight is 282 g/mol. The summed E-state index contributed by atoms with van der Waals surface area (Å²) in [7, 11) is 0. The number of hydrogen-bond donors (Lipinski definition) is 1. The normalized spacial score (nSPS) is 11.1. The first-order valence-corrected chi connectivity index (χ1v) is 6.71. The molecule has 7 nitrogen and oxygen atoms in total. The Hall–Kier alpha value is -1.83. The summed E-state index contributed by atoms with van der Waals surface area (Å²) in [6, 6.07) is 0. The van der Waals surface area contributed by atoms with E-state index in [4.69, 9.17) is 9.63 Å². The van der Waals surface area contributed by atoms with E-state index in [1.807, 2.05) is 4.57 Å². The van der Waals surface area contributed by atoms with Crippen molar-refractivity contribution in [2.24, 2.45) is 0 Å². The highest BCUT2D eigenvalue weighted by atomic mass is 32.2. The van der Waals surface area contributed by atoms with Gasteiger partial charge in [0.1, 0.15) is 0 Å². The fourth-order valence-electron chi connectivity index (χ4n) is 1.64. The summed E-state index contributed by atoms with van der Waals surface area (Å²) >= 11 is 1.18. The van der Waals surface area contributed by atoms with Gasteiger partial charge >= 0.3 is 5.97 Å². The molecule has 0 aliphatic carbocycles. The van der Waals surface area contributed by atoms with Crippen LogP contribution in [0.1, 0.15) is 31.3 Å². The van der Waals surface area contributed by atoms with E-state index in [9.17, 15) is 4.79 Å². The number of carboxylic acids is 1. The van der Waals surface area contributed by atoms with Crippen LogP contribution in [0, 0.1) is 0 Å². The predicted octanol–water partition coefficient (Wildman–Crippen LogP) is 1.61. The zero-order valence-electron chi connectivity index (χ0n) is 10.6. The van der Waals surface area contributed by atoms with E-state index in [0.717, 1.165) is 5.69 Å². The third-order valence-corrected chi connectivity index (χ3v) is 3.45. The van der Waals surface area contributed by atoms with Gasteiger partial charge in [0.25, 0.3) is 0 Å². The van der Waals surface area contributed by atoms with Crippen LogP contribution in [-0.2, 0) is 11.3 Å². The molecule has 0 amide bonds. The van der Waals surface area contributed by atoms with Gasteiger partial charge in [-0.25, -0.2) is 4.98 Å². The number of aliphatic carboxylic acids is 1. The number of carbonyl (C=O) groups is 1. The largest absolute Gasteiger partial charge is 0.481 e. The first kappa shape index (κ1) is 13.6. The Morgan fingerprint density at radius 3 is 2.89 bits per heavy atom. The molecule has 8 heteroatoms. The van der Waals surface area contributed by atoms with Gasteiger partial charge in [0.15, 0.2) is 11.0 Å². The molecule has 0 aliphatic heterocycles. The Bertz CT molecular complexity index is 550. The molecule has 0 saturated heterocycles. The summed E-state index contributed by atoms with van der Waals surface area (Å²) in [6.45, 7) is 4.52. The molecule has 0 aliphatic rings. The van der Waals surface area contributed by atoms with Gasteiger partial charge in [-0.1, -0.05) is 30.8 Å². The summed E-state index contributed by atoms with van der Waals surface area (Å²) < 4.78 is 6.63. The number of nitrogens with zero attached hydrogens (tertiary/aromatic N) is 4. The molecule has 0 bridgehead atoms. The third-order valence-electron chi connectivity index (χ3n) is 2.47. The van der Waals surface area contributed by atoms with E-state index in [1.54, 1.807) is 6.20 Å². The number of aromatic nitrogens is 4. The van der Waals surface area contributed by atoms with Crippen molar-refractivity contribution in [3.05, 3.63) is 24.1 Å². The first-order chi connectivity index (χ1) is 9.08. The number of thioether (sulfide) groups is 1. The van der Waals surface area contributed by atoms with Crippen LogP contribution in [0.25, 0.3) is 0 Å². The second-order valence-electron chi connectivity index (χ2n) is 4.24. The van der Waals surface area contributed by atoms with Crippen molar-refractivity contribution < 1.29 is 14.4 Å². The van der Waals surface area contributed by atoms with Gasteiger partial charge in [0.05, 0.1) is 12.3 Å². The highest BCUT2D eigenvalue weighted by Crippen LogP contribution is 2.23. The Morgan fingerprint density at radius 1 is 1.53 bits per heavy atom. The van der Waals surface area contributed by atoms with Crippen LogP contribution in [0.5, 0.6) is 0 Å². The maximum absolute atomic E-state index is 10.6. The fraction of sp³-hybridized carbons (Fsp3) is 0.455. The molecule has 19 heavy (non-hydrogen) atoms. The van der Waals surface area contributed by atoms with Gasteiger partial charge in [0, 0.05) is 11.9 Å². The number of imidazole rings is 1. The van der Waals surface area contributed by atoms with Crippen LogP contribution < -0.4 is 0 Å². The number of hydrogen-bond acceptors (Lipinski definition) is 6. The van der Waals surface area contributed by atoms with Gasteiger partial charge in [0.2, 0.25) is 6.39 Å². The minimum absolute atomic E-state index is 0.0270. The molecule has 0 spiro atoms. The van der Waals surface area contributed by atoms with Crippen LogP contribution in [0.15, 0.2) is 22.3 Å². The van der Waals surface area contributed by atoms with Gasteiger partial charge < -0.3 is 14.2 Å². The molecular formula is C11H14N4O3S.